The summed E-state index contributed by atoms with van der Waals surface area (Å²) in [7, 11) is 0. The molecule has 0 aliphatic carbocycles. The van der Waals surface area contributed by atoms with Crippen molar-refractivity contribution in [1.29, 1.82) is 0 Å². The molecule has 0 spiro atoms. The minimum atomic E-state index is -1.24. The van der Waals surface area contributed by atoms with Gasteiger partial charge in [-0.15, -0.1) is 11.3 Å². The van der Waals surface area contributed by atoms with Crippen molar-refractivity contribution in [3.8, 4) is 5.75 Å². The summed E-state index contributed by atoms with van der Waals surface area (Å²) in [6.45, 7) is 1.49. The number of aromatic carboxylic acids is 1. The number of carboxylic acid groups (broad SMARTS) is 1. The molecule has 1 aromatic carbocycles. The largest absolute Gasteiger partial charge is 0.544 e. The van der Waals surface area contributed by atoms with Crippen molar-refractivity contribution >= 4 is 44.9 Å². The molecule has 8 heteroatoms. The highest BCUT2D eigenvalue weighted by atomic mass is 79.9. The van der Waals surface area contributed by atoms with Crippen LogP contribution in [-0.2, 0) is 4.79 Å². The molecule has 1 amide bonds. The van der Waals surface area contributed by atoms with Crippen molar-refractivity contribution in [1.82, 2.24) is 5.43 Å². The van der Waals surface area contributed by atoms with Crippen molar-refractivity contribution in [3.63, 3.8) is 0 Å². The predicted molar refractivity (Wildman–Crippen MR) is 88.6 cm³/mol. The number of thiophene rings is 1. The molecular formula is C15H12BrN2O4S-. The van der Waals surface area contributed by atoms with Crippen molar-refractivity contribution in [2.24, 2.45) is 5.10 Å². The SMILES string of the molecule is C/C(=N/NC(=O)COc1ccc(Br)cc1)c1ccc(C(=O)[O-])s1. The fourth-order valence-electron chi connectivity index (χ4n) is 1.56. The number of hydrogen-bond donors (Lipinski definition) is 1. The Morgan fingerprint density at radius 1 is 1.22 bits per heavy atom. The molecule has 0 unspecified atom stereocenters. The van der Waals surface area contributed by atoms with Crippen LogP contribution in [0.2, 0.25) is 0 Å². The maximum atomic E-state index is 11.7. The van der Waals surface area contributed by atoms with Gasteiger partial charge in [0.15, 0.2) is 6.61 Å². The molecule has 1 heterocycles. The second-order valence-electron chi connectivity index (χ2n) is 4.43. The number of carboxylic acids is 1. The number of carbonyl (C=O) groups excluding carboxylic acids is 2. The monoisotopic (exact) mass is 395 g/mol. The Morgan fingerprint density at radius 3 is 2.48 bits per heavy atom. The van der Waals surface area contributed by atoms with Crippen LogP contribution in [0.5, 0.6) is 5.75 Å². The van der Waals surface area contributed by atoms with Crippen LogP contribution in [0, 0.1) is 0 Å². The molecule has 0 bridgehead atoms. The Kier molecular flexibility index (Phi) is 5.89. The normalized spacial score (nSPS) is 11.1. The summed E-state index contributed by atoms with van der Waals surface area (Å²) < 4.78 is 6.23. The number of benzene rings is 1. The van der Waals surface area contributed by atoms with Crippen molar-refractivity contribution in [2.45, 2.75) is 6.92 Å². The third-order valence-electron chi connectivity index (χ3n) is 2.70. The number of halogens is 1. The van der Waals surface area contributed by atoms with Gasteiger partial charge in [0.25, 0.3) is 5.91 Å². The first-order chi connectivity index (χ1) is 11.0. The highest BCUT2D eigenvalue weighted by Gasteiger charge is 2.06. The molecule has 0 saturated carbocycles. The summed E-state index contributed by atoms with van der Waals surface area (Å²) in [6.07, 6.45) is 0. The summed E-state index contributed by atoms with van der Waals surface area (Å²) in [5.41, 5.74) is 2.86. The number of nitrogens with one attached hydrogen (secondary N) is 1. The van der Waals surface area contributed by atoms with E-state index in [9.17, 15) is 14.7 Å². The summed E-state index contributed by atoms with van der Waals surface area (Å²) in [6, 6.07) is 10.1. The number of ether oxygens (including phenoxy) is 1. The average Bonchev–Trinajstić information content (AvgIpc) is 3.02. The lowest BCUT2D eigenvalue weighted by atomic mass is 10.3. The van der Waals surface area contributed by atoms with Crippen molar-refractivity contribution in [3.05, 3.63) is 50.6 Å². The van der Waals surface area contributed by atoms with E-state index in [1.165, 1.54) is 6.07 Å². The quantitative estimate of drug-likeness (QED) is 0.596. The van der Waals surface area contributed by atoms with Gasteiger partial charge in [0.05, 0.1) is 21.4 Å². The first-order valence-corrected chi connectivity index (χ1v) is 8.09. The Hall–Kier alpha value is -2.19. The maximum absolute atomic E-state index is 11.7. The Bertz CT molecular complexity index is 740. The lowest BCUT2D eigenvalue weighted by Gasteiger charge is -2.05. The molecule has 0 radical (unpaired) electrons. The number of rotatable bonds is 6. The van der Waals surface area contributed by atoms with Gasteiger partial charge in [0.1, 0.15) is 5.75 Å². The number of carbonyl (C=O) groups is 2. The number of hydrazone groups is 1. The smallest absolute Gasteiger partial charge is 0.277 e. The van der Waals surface area contributed by atoms with E-state index in [0.29, 0.717) is 16.3 Å². The molecule has 2 rings (SSSR count). The lowest BCUT2D eigenvalue weighted by Crippen LogP contribution is -2.25. The summed E-state index contributed by atoms with van der Waals surface area (Å²) in [4.78, 5) is 23.1. The van der Waals surface area contributed by atoms with Crippen LogP contribution in [0.3, 0.4) is 0 Å². The molecule has 1 N–H and O–H groups in total. The van der Waals surface area contributed by atoms with Crippen molar-refractivity contribution in [2.75, 3.05) is 6.61 Å². The minimum absolute atomic E-state index is 0.111. The zero-order valence-electron chi connectivity index (χ0n) is 12.0. The highest BCUT2D eigenvalue weighted by Crippen LogP contribution is 2.17. The average molecular weight is 396 g/mol. The number of nitrogens with zero attached hydrogens (tertiary/aromatic N) is 1. The number of amides is 1. The van der Waals surface area contributed by atoms with Gasteiger partial charge in [0, 0.05) is 4.47 Å². The van der Waals surface area contributed by atoms with E-state index in [2.05, 4.69) is 26.5 Å². The van der Waals surface area contributed by atoms with E-state index in [1.807, 2.05) is 0 Å². The van der Waals surface area contributed by atoms with E-state index in [0.717, 1.165) is 15.8 Å². The van der Waals surface area contributed by atoms with Crippen LogP contribution in [0.1, 0.15) is 21.5 Å². The zero-order chi connectivity index (χ0) is 16.8. The molecule has 2 aromatic rings. The van der Waals surface area contributed by atoms with Crippen LogP contribution >= 0.6 is 27.3 Å². The van der Waals surface area contributed by atoms with Crippen molar-refractivity contribution < 1.29 is 19.4 Å². The lowest BCUT2D eigenvalue weighted by molar-refractivity contribution is -0.254. The van der Waals surface area contributed by atoms with Gasteiger partial charge in [0.2, 0.25) is 0 Å². The fraction of sp³-hybridized carbons (Fsp3) is 0.133. The molecule has 6 nitrogen and oxygen atoms in total. The van der Waals surface area contributed by atoms with Crippen LogP contribution < -0.4 is 15.3 Å². The molecule has 0 saturated heterocycles. The van der Waals surface area contributed by atoms with Gasteiger partial charge in [-0.1, -0.05) is 15.9 Å². The first-order valence-electron chi connectivity index (χ1n) is 6.49. The molecule has 0 fully saturated rings. The first kappa shape index (κ1) is 17.2. The summed E-state index contributed by atoms with van der Waals surface area (Å²) >= 11 is 4.34. The second kappa shape index (κ2) is 7.89. The summed E-state index contributed by atoms with van der Waals surface area (Å²) in [5, 5.41) is 14.6. The minimum Gasteiger partial charge on any atom is -0.544 e. The Balaban J connectivity index is 1.86. The summed E-state index contributed by atoms with van der Waals surface area (Å²) in [5.74, 6) is -1.08. The van der Waals surface area contributed by atoms with Gasteiger partial charge >= 0.3 is 0 Å². The topological polar surface area (TPSA) is 90.8 Å². The van der Waals surface area contributed by atoms with Crippen LogP contribution in [0.15, 0.2) is 46.0 Å². The molecular weight excluding hydrogens is 384 g/mol. The molecule has 23 heavy (non-hydrogen) atoms. The highest BCUT2D eigenvalue weighted by molar-refractivity contribution is 9.10. The van der Waals surface area contributed by atoms with Gasteiger partial charge in [-0.3, -0.25) is 4.79 Å². The van der Waals surface area contributed by atoms with E-state index in [4.69, 9.17) is 4.74 Å². The fourth-order valence-corrected chi connectivity index (χ4v) is 2.61. The third-order valence-corrected chi connectivity index (χ3v) is 4.40. The molecule has 0 atom stereocenters. The van der Waals surface area contributed by atoms with Gasteiger partial charge in [-0.05, 0) is 43.3 Å². The third kappa shape index (κ3) is 5.19. The van der Waals surface area contributed by atoms with Gasteiger partial charge in [-0.25, -0.2) is 5.43 Å². The molecule has 1 aromatic heterocycles. The molecule has 120 valence electrons. The zero-order valence-corrected chi connectivity index (χ0v) is 14.4. The Morgan fingerprint density at radius 2 is 1.87 bits per heavy atom. The van der Waals surface area contributed by atoms with E-state index in [1.54, 1.807) is 37.3 Å². The van der Waals surface area contributed by atoms with Crippen LogP contribution in [-0.4, -0.2) is 24.2 Å². The second-order valence-corrected chi connectivity index (χ2v) is 6.43. The maximum Gasteiger partial charge on any atom is 0.277 e. The van der Waals surface area contributed by atoms with Crippen LogP contribution in [0.25, 0.3) is 0 Å². The number of hydrogen-bond acceptors (Lipinski definition) is 6. The Labute approximate surface area is 144 Å². The van der Waals surface area contributed by atoms with E-state index >= 15 is 0 Å². The molecule has 0 aliphatic heterocycles. The van der Waals surface area contributed by atoms with Gasteiger partial charge in [-0.2, -0.15) is 5.10 Å². The van der Waals surface area contributed by atoms with Gasteiger partial charge < -0.3 is 14.6 Å². The standard InChI is InChI=1S/C15H13BrN2O4S/c1-9(12-6-7-13(23-12)15(20)21)17-18-14(19)8-22-11-4-2-10(16)3-5-11/h2-7H,8H2,1H3,(H,18,19)(H,20,21)/p-1/b17-9-. The van der Waals surface area contributed by atoms with Crippen LogP contribution in [0.4, 0.5) is 0 Å². The molecule has 0 aliphatic rings. The predicted octanol–water partition coefficient (Wildman–Crippen LogP) is 1.79. The van der Waals surface area contributed by atoms with E-state index < -0.39 is 11.9 Å². The van der Waals surface area contributed by atoms with E-state index in [-0.39, 0.29) is 11.5 Å².